The Bertz CT molecular complexity index is 323. The summed E-state index contributed by atoms with van der Waals surface area (Å²) in [5, 5.41) is 6.77. The van der Waals surface area contributed by atoms with Gasteiger partial charge in [-0.2, -0.15) is 0 Å². The minimum atomic E-state index is -0.113. The number of nitrogens with zero attached hydrogens (tertiary/aromatic N) is 1. The van der Waals surface area contributed by atoms with Crippen molar-refractivity contribution >= 4 is 35.9 Å². The molecule has 1 atom stereocenters. The van der Waals surface area contributed by atoms with Crippen LogP contribution in [0.2, 0.25) is 0 Å². The number of esters is 1. The fourth-order valence-corrected chi connectivity index (χ4v) is 2.14. The SMILES string of the molecule is CN=C(NCCCCCCC(=O)OC)NC(C)CCC(C)C.I. The van der Waals surface area contributed by atoms with E-state index in [-0.39, 0.29) is 29.9 Å². The van der Waals surface area contributed by atoms with Crippen molar-refractivity contribution in [1.29, 1.82) is 0 Å². The Balaban J connectivity index is 0. The van der Waals surface area contributed by atoms with Crippen molar-refractivity contribution in [2.75, 3.05) is 20.7 Å². The molecule has 2 N–H and O–H groups in total. The topological polar surface area (TPSA) is 62.7 Å². The lowest BCUT2D eigenvalue weighted by atomic mass is 10.0. The molecule has 23 heavy (non-hydrogen) atoms. The summed E-state index contributed by atoms with van der Waals surface area (Å²) in [6.45, 7) is 7.61. The summed E-state index contributed by atoms with van der Waals surface area (Å²) in [7, 11) is 3.24. The number of rotatable bonds is 11. The summed E-state index contributed by atoms with van der Waals surface area (Å²) in [5.41, 5.74) is 0. The largest absolute Gasteiger partial charge is 0.469 e. The first-order chi connectivity index (χ1) is 10.5. The Morgan fingerprint density at radius 2 is 1.74 bits per heavy atom. The van der Waals surface area contributed by atoms with Gasteiger partial charge >= 0.3 is 5.97 Å². The second-order valence-electron chi connectivity index (χ2n) is 6.26. The highest BCUT2D eigenvalue weighted by Gasteiger charge is 2.06. The van der Waals surface area contributed by atoms with Gasteiger partial charge < -0.3 is 15.4 Å². The molecule has 0 fully saturated rings. The van der Waals surface area contributed by atoms with E-state index in [1.807, 2.05) is 0 Å². The van der Waals surface area contributed by atoms with E-state index < -0.39 is 0 Å². The van der Waals surface area contributed by atoms with Crippen molar-refractivity contribution in [1.82, 2.24) is 10.6 Å². The molecule has 0 aliphatic carbocycles. The van der Waals surface area contributed by atoms with Crippen molar-refractivity contribution in [2.24, 2.45) is 10.9 Å². The second-order valence-corrected chi connectivity index (χ2v) is 6.26. The predicted molar refractivity (Wildman–Crippen MR) is 109 cm³/mol. The van der Waals surface area contributed by atoms with Crippen molar-refractivity contribution < 1.29 is 9.53 Å². The van der Waals surface area contributed by atoms with E-state index in [9.17, 15) is 4.79 Å². The molecule has 6 heteroatoms. The number of hydrogen-bond acceptors (Lipinski definition) is 3. The molecule has 0 amide bonds. The summed E-state index contributed by atoms with van der Waals surface area (Å²) in [6, 6.07) is 0.439. The summed E-state index contributed by atoms with van der Waals surface area (Å²) in [4.78, 5) is 15.2. The summed E-state index contributed by atoms with van der Waals surface area (Å²) in [5.74, 6) is 1.51. The number of carbonyl (C=O) groups excluding carboxylic acids is 1. The molecule has 0 saturated heterocycles. The highest BCUT2D eigenvalue weighted by atomic mass is 127. The van der Waals surface area contributed by atoms with Crippen LogP contribution in [0.4, 0.5) is 0 Å². The molecule has 0 heterocycles. The van der Waals surface area contributed by atoms with Gasteiger partial charge in [-0.15, -0.1) is 24.0 Å². The van der Waals surface area contributed by atoms with Crippen molar-refractivity contribution in [2.45, 2.75) is 71.8 Å². The molecule has 138 valence electrons. The van der Waals surface area contributed by atoms with Crippen LogP contribution in [0.1, 0.15) is 65.7 Å². The third-order valence-corrected chi connectivity index (χ3v) is 3.61. The number of aliphatic imine (C=N–C) groups is 1. The van der Waals surface area contributed by atoms with Gasteiger partial charge in [-0.25, -0.2) is 0 Å². The Morgan fingerprint density at radius 3 is 2.30 bits per heavy atom. The molecule has 5 nitrogen and oxygen atoms in total. The number of nitrogens with one attached hydrogen (secondary N) is 2. The maximum atomic E-state index is 11.0. The van der Waals surface area contributed by atoms with E-state index in [0.29, 0.717) is 12.5 Å². The molecule has 0 aromatic carbocycles. The van der Waals surface area contributed by atoms with Gasteiger partial charge in [0.1, 0.15) is 0 Å². The number of guanidine groups is 1. The number of ether oxygens (including phenoxy) is 1. The standard InChI is InChI=1S/C17H35N3O2.HI/c1-14(2)11-12-15(3)20-17(18-4)19-13-9-7-6-8-10-16(21)22-5;/h14-15H,6-13H2,1-5H3,(H2,18,19,20);1H. The Kier molecular flexibility index (Phi) is 17.6. The Labute approximate surface area is 159 Å². The van der Waals surface area contributed by atoms with Crippen molar-refractivity contribution in [3.63, 3.8) is 0 Å². The second kappa shape index (κ2) is 16.3. The van der Waals surface area contributed by atoms with E-state index in [1.165, 1.54) is 13.5 Å². The third kappa shape index (κ3) is 16.1. The normalized spacial score (nSPS) is 12.5. The summed E-state index contributed by atoms with van der Waals surface area (Å²) >= 11 is 0. The predicted octanol–water partition coefficient (Wildman–Crippen LogP) is 3.72. The lowest BCUT2D eigenvalue weighted by Crippen LogP contribution is -2.42. The zero-order chi connectivity index (χ0) is 16.8. The van der Waals surface area contributed by atoms with Crippen molar-refractivity contribution in [3.8, 4) is 0 Å². The maximum Gasteiger partial charge on any atom is 0.305 e. The Hall–Kier alpha value is -0.530. The molecule has 0 aromatic rings. The summed E-state index contributed by atoms with van der Waals surface area (Å²) in [6.07, 6.45) is 7.09. The van der Waals surface area contributed by atoms with Gasteiger partial charge in [0.25, 0.3) is 0 Å². The lowest BCUT2D eigenvalue weighted by Gasteiger charge is -2.18. The first-order valence-electron chi connectivity index (χ1n) is 8.53. The molecule has 0 radical (unpaired) electrons. The molecule has 0 saturated carbocycles. The van der Waals surface area contributed by atoms with E-state index in [0.717, 1.165) is 50.5 Å². The van der Waals surface area contributed by atoms with Gasteiger partial charge in [-0.05, 0) is 38.5 Å². The number of unbranched alkanes of at least 4 members (excludes halogenated alkanes) is 3. The molecule has 0 aliphatic rings. The average molecular weight is 441 g/mol. The molecule has 0 aliphatic heterocycles. The molecule has 0 rings (SSSR count). The molecular formula is C17H36IN3O2. The van der Waals surface area contributed by atoms with Crippen LogP contribution in [0.5, 0.6) is 0 Å². The van der Waals surface area contributed by atoms with Crippen LogP contribution >= 0.6 is 24.0 Å². The van der Waals surface area contributed by atoms with Gasteiger partial charge in [0, 0.05) is 26.1 Å². The van der Waals surface area contributed by atoms with Crippen LogP contribution < -0.4 is 10.6 Å². The zero-order valence-electron chi connectivity index (χ0n) is 15.5. The van der Waals surface area contributed by atoms with Crippen LogP contribution in [0.3, 0.4) is 0 Å². The molecule has 0 bridgehead atoms. The van der Waals surface area contributed by atoms with Gasteiger partial charge in [0.05, 0.1) is 7.11 Å². The van der Waals surface area contributed by atoms with Crippen LogP contribution in [0, 0.1) is 5.92 Å². The fraction of sp³-hybridized carbons (Fsp3) is 0.882. The van der Waals surface area contributed by atoms with Crippen LogP contribution in [-0.4, -0.2) is 38.7 Å². The van der Waals surface area contributed by atoms with E-state index in [2.05, 4.69) is 41.1 Å². The highest BCUT2D eigenvalue weighted by molar-refractivity contribution is 14.0. The maximum absolute atomic E-state index is 11.0. The third-order valence-electron chi connectivity index (χ3n) is 3.61. The van der Waals surface area contributed by atoms with Gasteiger partial charge in [-0.1, -0.05) is 26.7 Å². The van der Waals surface area contributed by atoms with Crippen LogP contribution in [0.15, 0.2) is 4.99 Å². The molecular weight excluding hydrogens is 405 g/mol. The highest BCUT2D eigenvalue weighted by Crippen LogP contribution is 2.06. The average Bonchev–Trinajstić information content (AvgIpc) is 2.50. The fourth-order valence-electron chi connectivity index (χ4n) is 2.14. The minimum Gasteiger partial charge on any atom is -0.469 e. The monoisotopic (exact) mass is 441 g/mol. The smallest absolute Gasteiger partial charge is 0.305 e. The molecule has 0 aromatic heterocycles. The lowest BCUT2D eigenvalue weighted by molar-refractivity contribution is -0.140. The van der Waals surface area contributed by atoms with Gasteiger partial charge in [-0.3, -0.25) is 9.79 Å². The van der Waals surface area contributed by atoms with E-state index >= 15 is 0 Å². The van der Waals surface area contributed by atoms with Gasteiger partial charge in [0.2, 0.25) is 0 Å². The van der Waals surface area contributed by atoms with Crippen LogP contribution in [-0.2, 0) is 9.53 Å². The molecule has 0 spiro atoms. The summed E-state index contributed by atoms with van der Waals surface area (Å²) < 4.78 is 4.62. The quantitative estimate of drug-likeness (QED) is 0.169. The first-order valence-corrected chi connectivity index (χ1v) is 8.53. The Morgan fingerprint density at radius 1 is 1.09 bits per heavy atom. The number of methoxy groups -OCH3 is 1. The minimum absolute atomic E-state index is 0. The molecule has 1 unspecified atom stereocenters. The van der Waals surface area contributed by atoms with Crippen molar-refractivity contribution in [3.05, 3.63) is 0 Å². The van der Waals surface area contributed by atoms with Crippen LogP contribution in [0.25, 0.3) is 0 Å². The number of hydrogen-bond donors (Lipinski definition) is 2. The first kappa shape index (κ1) is 24.7. The van der Waals surface area contributed by atoms with E-state index in [4.69, 9.17) is 0 Å². The van der Waals surface area contributed by atoms with E-state index in [1.54, 1.807) is 7.05 Å². The number of carbonyl (C=O) groups is 1. The zero-order valence-corrected chi connectivity index (χ0v) is 17.8. The number of halogens is 1. The van der Waals surface area contributed by atoms with Gasteiger partial charge in [0.15, 0.2) is 5.96 Å².